The first-order chi connectivity index (χ1) is 11.9. The zero-order valence-electron chi connectivity index (χ0n) is 12.9. The number of nitrogens with zero attached hydrogens (tertiary/aromatic N) is 2. The normalized spacial score (nSPS) is 10.6. The van der Waals surface area contributed by atoms with Gasteiger partial charge in [-0.1, -0.05) is 23.2 Å². The average molecular weight is 381 g/mol. The zero-order valence-corrected chi connectivity index (χ0v) is 14.5. The van der Waals surface area contributed by atoms with E-state index in [1.807, 2.05) is 0 Å². The fraction of sp³-hybridized carbons (Fsp3) is 0.0588. The summed E-state index contributed by atoms with van der Waals surface area (Å²) in [6, 6.07) is 9.92. The number of halogens is 4. The molecule has 4 nitrogen and oxygen atoms in total. The molecule has 1 heterocycles. The molecule has 128 valence electrons. The first kappa shape index (κ1) is 17.4. The van der Waals surface area contributed by atoms with Crippen LogP contribution < -0.4 is 10.6 Å². The van der Waals surface area contributed by atoms with E-state index in [-0.39, 0.29) is 5.69 Å². The Kier molecular flexibility index (Phi) is 5.01. The van der Waals surface area contributed by atoms with E-state index in [9.17, 15) is 8.78 Å². The molecule has 25 heavy (non-hydrogen) atoms. The van der Waals surface area contributed by atoms with Crippen LogP contribution in [0.4, 0.5) is 31.9 Å². The van der Waals surface area contributed by atoms with Crippen molar-refractivity contribution in [2.75, 3.05) is 10.6 Å². The number of nitrogens with one attached hydrogen (secondary N) is 2. The fourth-order valence-electron chi connectivity index (χ4n) is 2.12. The molecule has 2 aromatic carbocycles. The summed E-state index contributed by atoms with van der Waals surface area (Å²) in [6.07, 6.45) is 0. The van der Waals surface area contributed by atoms with Crippen LogP contribution in [0.3, 0.4) is 0 Å². The van der Waals surface area contributed by atoms with Crippen LogP contribution in [0.2, 0.25) is 10.0 Å². The molecule has 3 aromatic rings. The average Bonchev–Trinajstić information content (AvgIpc) is 2.53. The monoisotopic (exact) mass is 380 g/mol. The number of hydrogen-bond acceptors (Lipinski definition) is 4. The molecule has 8 heteroatoms. The second-order valence-corrected chi connectivity index (χ2v) is 6.04. The number of aryl methyl sites for hydroxylation is 1. The van der Waals surface area contributed by atoms with E-state index in [0.717, 1.165) is 12.1 Å². The van der Waals surface area contributed by atoms with Crippen molar-refractivity contribution in [1.29, 1.82) is 0 Å². The van der Waals surface area contributed by atoms with Crippen LogP contribution in [0.1, 0.15) is 5.69 Å². The highest BCUT2D eigenvalue weighted by Gasteiger charge is 2.08. The van der Waals surface area contributed by atoms with Crippen molar-refractivity contribution in [1.82, 2.24) is 9.97 Å². The lowest BCUT2D eigenvalue weighted by Gasteiger charge is -2.11. The largest absolute Gasteiger partial charge is 0.338 e. The van der Waals surface area contributed by atoms with Gasteiger partial charge < -0.3 is 10.6 Å². The molecule has 0 aliphatic rings. The van der Waals surface area contributed by atoms with Gasteiger partial charge in [0.15, 0.2) is 0 Å². The van der Waals surface area contributed by atoms with Crippen molar-refractivity contribution in [3.8, 4) is 0 Å². The summed E-state index contributed by atoms with van der Waals surface area (Å²) in [5, 5.41) is 6.64. The van der Waals surface area contributed by atoms with Gasteiger partial charge in [0.05, 0.1) is 15.7 Å². The maximum absolute atomic E-state index is 13.8. The molecular weight excluding hydrogens is 369 g/mol. The predicted molar refractivity (Wildman–Crippen MR) is 96.2 cm³/mol. The molecule has 0 aliphatic heterocycles. The van der Waals surface area contributed by atoms with Crippen molar-refractivity contribution in [2.45, 2.75) is 6.92 Å². The van der Waals surface area contributed by atoms with E-state index in [0.29, 0.717) is 33.2 Å². The molecular formula is C17H12Cl2F2N4. The Morgan fingerprint density at radius 2 is 1.68 bits per heavy atom. The molecule has 3 rings (SSSR count). The summed E-state index contributed by atoms with van der Waals surface area (Å²) in [4.78, 5) is 8.54. The Bertz CT molecular complexity index is 935. The maximum atomic E-state index is 13.8. The second-order valence-electron chi connectivity index (χ2n) is 5.22. The van der Waals surface area contributed by atoms with E-state index < -0.39 is 11.6 Å². The van der Waals surface area contributed by atoms with Gasteiger partial charge in [0.1, 0.15) is 17.5 Å². The number of anilines is 4. The first-order valence-electron chi connectivity index (χ1n) is 7.20. The van der Waals surface area contributed by atoms with E-state index >= 15 is 0 Å². The quantitative estimate of drug-likeness (QED) is 0.595. The molecule has 0 saturated heterocycles. The van der Waals surface area contributed by atoms with E-state index in [1.54, 1.807) is 31.2 Å². The summed E-state index contributed by atoms with van der Waals surface area (Å²) in [5.74, 6) is -0.705. The highest BCUT2D eigenvalue weighted by Crippen LogP contribution is 2.27. The van der Waals surface area contributed by atoms with Crippen LogP contribution >= 0.6 is 23.2 Å². The Morgan fingerprint density at radius 3 is 2.40 bits per heavy atom. The van der Waals surface area contributed by atoms with Gasteiger partial charge in [0, 0.05) is 23.5 Å². The minimum atomic E-state index is -0.713. The number of rotatable bonds is 4. The van der Waals surface area contributed by atoms with Crippen LogP contribution in [0.5, 0.6) is 0 Å². The lowest BCUT2D eigenvalue weighted by molar-refractivity contribution is 0.586. The smallest absolute Gasteiger partial charge is 0.229 e. The Labute approximate surface area is 152 Å². The summed E-state index contributed by atoms with van der Waals surface area (Å²) < 4.78 is 26.8. The van der Waals surface area contributed by atoms with Crippen LogP contribution in [-0.4, -0.2) is 9.97 Å². The summed E-state index contributed by atoms with van der Waals surface area (Å²) in [6.45, 7) is 1.77. The third kappa shape index (κ3) is 4.35. The minimum Gasteiger partial charge on any atom is -0.338 e. The van der Waals surface area contributed by atoms with Gasteiger partial charge in [-0.15, -0.1) is 0 Å². The van der Waals surface area contributed by atoms with E-state index in [1.165, 1.54) is 6.07 Å². The lowest BCUT2D eigenvalue weighted by Crippen LogP contribution is -2.03. The number of aromatic nitrogens is 2. The predicted octanol–water partition coefficient (Wildman–Crippen LogP) is 5.86. The van der Waals surface area contributed by atoms with E-state index in [2.05, 4.69) is 20.6 Å². The lowest BCUT2D eigenvalue weighted by atomic mass is 10.3. The van der Waals surface area contributed by atoms with Gasteiger partial charge in [-0.3, -0.25) is 0 Å². The summed E-state index contributed by atoms with van der Waals surface area (Å²) in [7, 11) is 0. The van der Waals surface area contributed by atoms with Crippen LogP contribution in [0.25, 0.3) is 0 Å². The van der Waals surface area contributed by atoms with Crippen molar-refractivity contribution in [3.63, 3.8) is 0 Å². The van der Waals surface area contributed by atoms with Crippen molar-refractivity contribution in [2.24, 2.45) is 0 Å². The van der Waals surface area contributed by atoms with Crippen molar-refractivity contribution in [3.05, 3.63) is 69.8 Å². The van der Waals surface area contributed by atoms with Gasteiger partial charge in [-0.05, 0) is 37.3 Å². The topological polar surface area (TPSA) is 49.8 Å². The van der Waals surface area contributed by atoms with Gasteiger partial charge in [0.2, 0.25) is 5.95 Å². The molecule has 0 saturated carbocycles. The van der Waals surface area contributed by atoms with Gasteiger partial charge in [-0.25, -0.2) is 13.8 Å². The molecule has 0 unspecified atom stereocenters. The third-order valence-corrected chi connectivity index (χ3v) is 3.96. The molecule has 0 spiro atoms. The SMILES string of the molecule is Cc1cc(Nc2ccc(F)cc2F)nc(Nc2ccc(Cl)c(Cl)c2)n1. The van der Waals surface area contributed by atoms with Crippen molar-refractivity contribution >= 4 is 46.3 Å². The second kappa shape index (κ2) is 7.21. The van der Waals surface area contributed by atoms with Gasteiger partial charge in [0.25, 0.3) is 0 Å². The minimum absolute atomic E-state index is 0.111. The Balaban J connectivity index is 1.86. The van der Waals surface area contributed by atoms with Crippen LogP contribution in [0, 0.1) is 18.6 Å². The maximum Gasteiger partial charge on any atom is 0.229 e. The van der Waals surface area contributed by atoms with Crippen molar-refractivity contribution < 1.29 is 8.78 Å². The summed E-state index contributed by atoms with van der Waals surface area (Å²) >= 11 is 11.9. The number of hydrogen-bond donors (Lipinski definition) is 2. The Hall–Kier alpha value is -2.44. The highest BCUT2D eigenvalue weighted by atomic mass is 35.5. The molecule has 0 amide bonds. The van der Waals surface area contributed by atoms with E-state index in [4.69, 9.17) is 23.2 Å². The van der Waals surface area contributed by atoms with Gasteiger partial charge >= 0.3 is 0 Å². The first-order valence-corrected chi connectivity index (χ1v) is 7.96. The van der Waals surface area contributed by atoms with Crippen LogP contribution in [0.15, 0.2) is 42.5 Å². The Morgan fingerprint density at radius 1 is 0.880 bits per heavy atom. The third-order valence-electron chi connectivity index (χ3n) is 3.22. The molecule has 0 fully saturated rings. The summed E-state index contributed by atoms with van der Waals surface area (Å²) in [5.41, 5.74) is 1.42. The molecule has 0 radical (unpaired) electrons. The molecule has 0 atom stereocenters. The van der Waals surface area contributed by atoms with Gasteiger partial charge in [-0.2, -0.15) is 4.98 Å². The molecule has 1 aromatic heterocycles. The molecule has 0 bridgehead atoms. The fourth-order valence-corrected chi connectivity index (χ4v) is 2.42. The molecule has 0 aliphatic carbocycles. The van der Waals surface area contributed by atoms with Crippen LogP contribution in [-0.2, 0) is 0 Å². The highest BCUT2D eigenvalue weighted by molar-refractivity contribution is 6.42. The zero-order chi connectivity index (χ0) is 18.0. The standard InChI is InChI=1S/C17H12Cl2F2N4/c1-9-6-16(24-15-5-2-10(20)7-14(15)21)25-17(22-9)23-11-3-4-12(18)13(19)8-11/h2-8H,1H3,(H2,22,23,24,25). The number of benzene rings is 2. The molecule has 2 N–H and O–H groups in total.